The van der Waals surface area contributed by atoms with Crippen molar-refractivity contribution in [1.29, 1.82) is 0 Å². The third-order valence-electron chi connectivity index (χ3n) is 5.21. The van der Waals surface area contributed by atoms with Crippen LogP contribution in [0.15, 0.2) is 73.3 Å². The molecule has 0 spiro atoms. The molecule has 2 aromatic heterocycles. The fourth-order valence-electron chi connectivity index (χ4n) is 3.63. The molecule has 1 aliphatic rings. The van der Waals surface area contributed by atoms with Gasteiger partial charge in [-0.15, -0.1) is 0 Å². The Morgan fingerprint density at radius 1 is 1.21 bits per heavy atom. The zero-order chi connectivity index (χ0) is 24.0. The van der Waals surface area contributed by atoms with Crippen LogP contribution in [-0.4, -0.2) is 25.6 Å². The van der Waals surface area contributed by atoms with E-state index < -0.39 is 18.8 Å². The van der Waals surface area contributed by atoms with Crippen molar-refractivity contribution in [1.82, 2.24) is 9.78 Å². The highest BCUT2D eigenvalue weighted by Crippen LogP contribution is 2.47. The van der Waals surface area contributed by atoms with E-state index in [2.05, 4.69) is 31.1 Å². The number of benzene rings is 2. The quantitative estimate of drug-likeness (QED) is 0.221. The van der Waals surface area contributed by atoms with Crippen molar-refractivity contribution in [3.8, 4) is 17.0 Å². The Kier molecular flexibility index (Phi) is 5.65. The SMILES string of the molecule is Nc1ccc2c(c1)P(=O)(O)N=C(c1c(O)c(-c3ccsc3)nn(Cc3cccc(Br)c3)c1=O)N2. The minimum atomic E-state index is -4.27. The molecular formula is C22H17BrN5O4PS. The fraction of sp³-hybridized carbons (Fsp3) is 0.0455. The van der Waals surface area contributed by atoms with Crippen LogP contribution in [-0.2, 0) is 11.1 Å². The summed E-state index contributed by atoms with van der Waals surface area (Å²) in [7, 11) is -4.27. The Morgan fingerprint density at radius 2 is 2.03 bits per heavy atom. The number of fused-ring (bicyclic) bond motifs is 1. The molecule has 0 saturated heterocycles. The first kappa shape index (κ1) is 22.5. The van der Waals surface area contributed by atoms with Crippen molar-refractivity contribution in [2.24, 2.45) is 4.76 Å². The number of anilines is 2. The average molecular weight is 558 g/mol. The van der Waals surface area contributed by atoms with E-state index >= 15 is 0 Å². The minimum Gasteiger partial charge on any atom is -0.505 e. The van der Waals surface area contributed by atoms with Gasteiger partial charge < -0.3 is 21.1 Å². The molecule has 12 heteroatoms. The van der Waals surface area contributed by atoms with E-state index in [1.807, 2.05) is 29.6 Å². The maximum Gasteiger partial charge on any atom is 0.346 e. The van der Waals surface area contributed by atoms with Gasteiger partial charge in [0.1, 0.15) is 11.3 Å². The normalized spacial score (nSPS) is 17.1. The number of nitrogens with zero attached hydrogens (tertiary/aromatic N) is 3. The van der Waals surface area contributed by atoms with Crippen molar-refractivity contribution in [3.63, 3.8) is 0 Å². The smallest absolute Gasteiger partial charge is 0.346 e. The molecular weight excluding hydrogens is 541 g/mol. The van der Waals surface area contributed by atoms with Gasteiger partial charge in [0.15, 0.2) is 11.6 Å². The minimum absolute atomic E-state index is 0.0253. The molecule has 0 radical (unpaired) electrons. The standard InChI is InChI=1S/C22H17BrN5O4PS/c23-14-3-1-2-12(8-14)10-28-22(30)18(20(29)19(26-28)13-6-7-34-11-13)21-25-16-5-4-15(24)9-17(16)33(31,32)27-21/h1-9,11,29H,10,24H2,(H2,25,27,31,32). The van der Waals surface area contributed by atoms with Gasteiger partial charge in [-0.2, -0.15) is 21.2 Å². The molecule has 4 aromatic rings. The molecule has 1 unspecified atom stereocenters. The summed E-state index contributed by atoms with van der Waals surface area (Å²) in [6.45, 7) is 0.111. The van der Waals surface area contributed by atoms with E-state index in [4.69, 9.17) is 5.73 Å². The lowest BCUT2D eigenvalue weighted by Gasteiger charge is -2.23. The zero-order valence-electron chi connectivity index (χ0n) is 17.3. The number of thiophene rings is 1. The molecule has 0 amide bonds. The highest BCUT2D eigenvalue weighted by atomic mass is 79.9. The molecule has 0 aliphatic carbocycles. The van der Waals surface area contributed by atoms with Gasteiger partial charge in [0.25, 0.3) is 5.56 Å². The number of halogens is 1. The number of nitrogens with one attached hydrogen (secondary N) is 1. The van der Waals surface area contributed by atoms with E-state index in [9.17, 15) is 19.4 Å². The summed E-state index contributed by atoms with van der Waals surface area (Å²) >= 11 is 4.82. The summed E-state index contributed by atoms with van der Waals surface area (Å²) in [6, 6.07) is 13.6. The van der Waals surface area contributed by atoms with Crippen LogP contribution in [0.5, 0.6) is 5.75 Å². The van der Waals surface area contributed by atoms with Gasteiger partial charge in [-0.05, 0) is 47.3 Å². The van der Waals surface area contributed by atoms with Gasteiger partial charge in [-0.25, -0.2) is 4.68 Å². The second-order valence-electron chi connectivity index (χ2n) is 7.57. The summed E-state index contributed by atoms with van der Waals surface area (Å²) in [6.07, 6.45) is 0. The Balaban J connectivity index is 1.71. The van der Waals surface area contributed by atoms with Crippen molar-refractivity contribution in [2.45, 2.75) is 6.54 Å². The van der Waals surface area contributed by atoms with Crippen molar-refractivity contribution >= 4 is 57.3 Å². The summed E-state index contributed by atoms with van der Waals surface area (Å²) in [4.78, 5) is 24.1. The topological polar surface area (TPSA) is 143 Å². The number of rotatable bonds is 4. The van der Waals surface area contributed by atoms with Gasteiger partial charge in [0, 0.05) is 21.1 Å². The number of nitrogens with two attached hydrogens (primary N) is 1. The molecule has 34 heavy (non-hydrogen) atoms. The maximum atomic E-state index is 13.5. The van der Waals surface area contributed by atoms with Crippen LogP contribution in [0.2, 0.25) is 0 Å². The first-order valence-electron chi connectivity index (χ1n) is 9.94. The Labute approximate surface area is 205 Å². The van der Waals surface area contributed by atoms with E-state index in [1.54, 1.807) is 17.5 Å². The molecule has 5 N–H and O–H groups in total. The number of nitrogen functional groups attached to an aromatic ring is 1. The zero-order valence-corrected chi connectivity index (χ0v) is 20.6. The largest absolute Gasteiger partial charge is 0.505 e. The molecule has 0 fully saturated rings. The first-order valence-corrected chi connectivity index (χ1v) is 13.3. The first-order chi connectivity index (χ1) is 16.2. The van der Waals surface area contributed by atoms with Crippen molar-refractivity contribution in [2.75, 3.05) is 11.1 Å². The average Bonchev–Trinajstić information content (AvgIpc) is 3.31. The van der Waals surface area contributed by atoms with Crippen molar-refractivity contribution in [3.05, 3.63) is 85.2 Å². The highest BCUT2D eigenvalue weighted by molar-refractivity contribution is 9.10. The van der Waals surface area contributed by atoms with Crippen LogP contribution in [0.3, 0.4) is 0 Å². The number of hydrogen-bond acceptors (Lipinski definition) is 7. The van der Waals surface area contributed by atoms with Crippen molar-refractivity contribution < 1.29 is 14.6 Å². The third-order valence-corrected chi connectivity index (χ3v) is 7.85. The van der Waals surface area contributed by atoms with Crippen LogP contribution < -0.4 is 21.9 Å². The van der Waals surface area contributed by atoms with Crippen LogP contribution in [0.4, 0.5) is 11.4 Å². The van der Waals surface area contributed by atoms with E-state index in [0.717, 1.165) is 10.0 Å². The van der Waals surface area contributed by atoms with Gasteiger partial charge in [-0.1, -0.05) is 28.1 Å². The second-order valence-corrected chi connectivity index (χ2v) is 11.0. The van der Waals surface area contributed by atoms with Crippen LogP contribution in [0, 0.1) is 0 Å². The second kappa shape index (κ2) is 8.52. The lowest BCUT2D eigenvalue weighted by atomic mass is 10.1. The third kappa shape index (κ3) is 4.07. The molecule has 172 valence electrons. The lowest BCUT2D eigenvalue weighted by molar-refractivity contribution is 0.464. The Hall–Kier alpha value is -3.24. The molecule has 5 rings (SSSR count). The van der Waals surface area contributed by atoms with Gasteiger partial charge in [-0.3, -0.25) is 9.36 Å². The number of aromatic hydroxyl groups is 1. The van der Waals surface area contributed by atoms with E-state index in [0.29, 0.717) is 11.3 Å². The molecule has 9 nitrogen and oxygen atoms in total. The predicted octanol–water partition coefficient (Wildman–Crippen LogP) is 3.75. The fourth-order valence-corrected chi connectivity index (χ4v) is 6.01. The maximum absolute atomic E-state index is 13.5. The molecule has 1 atom stereocenters. The van der Waals surface area contributed by atoms with Gasteiger partial charge in [0.05, 0.1) is 17.5 Å². The van der Waals surface area contributed by atoms with Crippen LogP contribution in [0.25, 0.3) is 11.3 Å². The van der Waals surface area contributed by atoms with Crippen LogP contribution in [0.1, 0.15) is 11.1 Å². The Morgan fingerprint density at radius 3 is 2.76 bits per heavy atom. The summed E-state index contributed by atoms with van der Waals surface area (Å²) in [5, 5.41) is 22.0. The van der Waals surface area contributed by atoms with E-state index in [-0.39, 0.29) is 34.6 Å². The van der Waals surface area contributed by atoms with Gasteiger partial charge in [0.2, 0.25) is 0 Å². The molecule has 1 aliphatic heterocycles. The van der Waals surface area contributed by atoms with E-state index in [1.165, 1.54) is 28.2 Å². The summed E-state index contributed by atoms with van der Waals surface area (Å²) in [5.74, 6) is -0.647. The predicted molar refractivity (Wildman–Crippen MR) is 137 cm³/mol. The highest BCUT2D eigenvalue weighted by Gasteiger charge is 2.33. The summed E-state index contributed by atoms with van der Waals surface area (Å²) < 4.78 is 19.0. The number of amidine groups is 1. The number of hydrogen-bond donors (Lipinski definition) is 4. The molecule has 3 heterocycles. The monoisotopic (exact) mass is 557 g/mol. The lowest BCUT2D eigenvalue weighted by Crippen LogP contribution is -2.34. The van der Waals surface area contributed by atoms with Crippen LogP contribution >= 0.6 is 34.8 Å². The Bertz CT molecular complexity index is 1570. The molecule has 2 aromatic carbocycles. The molecule has 0 saturated carbocycles. The van der Waals surface area contributed by atoms with Gasteiger partial charge >= 0.3 is 7.52 Å². The summed E-state index contributed by atoms with van der Waals surface area (Å²) in [5.41, 5.74) is 6.98. The number of aromatic nitrogens is 2. The molecule has 0 bridgehead atoms.